The van der Waals surface area contributed by atoms with Crippen LogP contribution in [0.3, 0.4) is 0 Å². The van der Waals surface area contributed by atoms with E-state index < -0.39 is 27.7 Å². The Kier molecular flexibility index (Phi) is 6.21. The summed E-state index contributed by atoms with van der Waals surface area (Å²) in [6.45, 7) is 2.54. The number of carbonyl (C=O) groups is 1. The molecule has 200 valence electrons. The molecule has 6 rings (SSSR count). The zero-order chi connectivity index (χ0) is 28.2. The average molecular weight is 572 g/mol. The van der Waals surface area contributed by atoms with Gasteiger partial charge in [0, 0.05) is 35.3 Å². The zero-order valence-corrected chi connectivity index (χ0v) is 22.8. The van der Waals surface area contributed by atoms with Gasteiger partial charge in [-0.1, -0.05) is 29.8 Å². The number of aliphatic carboxylic acids is 1. The Morgan fingerprint density at radius 1 is 1.07 bits per heavy atom. The summed E-state index contributed by atoms with van der Waals surface area (Å²) in [5, 5.41) is 21.3. The summed E-state index contributed by atoms with van der Waals surface area (Å²) < 4.78 is 44.6. The maximum Gasteiger partial charge on any atom is 0.310 e. The fourth-order valence-electron chi connectivity index (χ4n) is 5.08. The highest BCUT2D eigenvalue weighted by Gasteiger charge is 2.34. The maximum atomic E-state index is 14.7. The van der Waals surface area contributed by atoms with Crippen molar-refractivity contribution in [1.82, 2.24) is 3.97 Å². The van der Waals surface area contributed by atoms with Crippen molar-refractivity contribution < 1.29 is 22.7 Å². The van der Waals surface area contributed by atoms with E-state index in [2.05, 4.69) is 6.07 Å². The van der Waals surface area contributed by atoms with Gasteiger partial charge in [0.15, 0.2) is 0 Å². The standard InChI is InChI=1S/C30H22FN3O4S2/c1-18-5-8-24(9-6-18)40(37,38)34-26-10-7-22(31)14-25(26)27(29-20(15-32)11-12-39-29)28(34)19-3-2-4-23(13-19)33-16-21(17-33)30(35)36/h2-14,21H,16-17H2,1H3,(H,35,36). The van der Waals surface area contributed by atoms with E-state index in [1.54, 1.807) is 35.7 Å². The number of rotatable bonds is 6. The van der Waals surface area contributed by atoms with E-state index in [1.165, 1.54) is 45.6 Å². The number of hydrogen-bond donors (Lipinski definition) is 1. The van der Waals surface area contributed by atoms with Crippen molar-refractivity contribution in [3.05, 3.63) is 95.1 Å². The Morgan fingerprint density at radius 3 is 2.52 bits per heavy atom. The molecule has 0 bridgehead atoms. The van der Waals surface area contributed by atoms with Crippen LogP contribution in [0.15, 0.2) is 83.1 Å². The lowest BCUT2D eigenvalue weighted by molar-refractivity contribution is -0.142. The van der Waals surface area contributed by atoms with E-state index in [-0.39, 0.29) is 10.4 Å². The molecule has 7 nitrogen and oxygen atoms in total. The highest BCUT2D eigenvalue weighted by molar-refractivity contribution is 7.90. The third kappa shape index (κ3) is 4.15. The lowest BCUT2D eigenvalue weighted by atomic mass is 9.97. The number of benzene rings is 3. The largest absolute Gasteiger partial charge is 0.481 e. The first-order valence-electron chi connectivity index (χ1n) is 12.4. The maximum absolute atomic E-state index is 14.7. The normalized spacial score (nSPS) is 13.8. The van der Waals surface area contributed by atoms with E-state index >= 15 is 0 Å². The topological polar surface area (TPSA) is 103 Å². The molecule has 0 radical (unpaired) electrons. The van der Waals surface area contributed by atoms with Gasteiger partial charge in [-0.15, -0.1) is 11.3 Å². The van der Waals surface area contributed by atoms with Crippen molar-refractivity contribution in [1.29, 1.82) is 5.26 Å². The second kappa shape index (κ2) is 9.62. The van der Waals surface area contributed by atoms with Crippen LogP contribution < -0.4 is 4.90 Å². The predicted octanol–water partition coefficient (Wildman–Crippen LogP) is 6.11. The van der Waals surface area contributed by atoms with E-state index in [4.69, 9.17) is 0 Å². The van der Waals surface area contributed by atoms with Gasteiger partial charge in [-0.2, -0.15) is 5.26 Å². The molecule has 2 aromatic heterocycles. The third-order valence-corrected chi connectivity index (χ3v) is 9.83. The highest BCUT2D eigenvalue weighted by Crippen LogP contribution is 2.46. The summed E-state index contributed by atoms with van der Waals surface area (Å²) in [5.74, 6) is -1.86. The van der Waals surface area contributed by atoms with Gasteiger partial charge in [-0.25, -0.2) is 16.8 Å². The number of halogens is 1. The van der Waals surface area contributed by atoms with Crippen LogP contribution >= 0.6 is 11.3 Å². The minimum atomic E-state index is -4.18. The van der Waals surface area contributed by atoms with Crippen molar-refractivity contribution in [3.63, 3.8) is 0 Å². The highest BCUT2D eigenvalue weighted by atomic mass is 32.2. The lowest BCUT2D eigenvalue weighted by Crippen LogP contribution is -2.50. The van der Waals surface area contributed by atoms with Gasteiger partial charge in [0.2, 0.25) is 0 Å². The molecule has 3 aromatic carbocycles. The van der Waals surface area contributed by atoms with Gasteiger partial charge < -0.3 is 10.0 Å². The molecule has 0 atom stereocenters. The van der Waals surface area contributed by atoms with Crippen LogP contribution in [-0.4, -0.2) is 36.6 Å². The zero-order valence-electron chi connectivity index (χ0n) is 21.2. The Balaban J connectivity index is 1.68. The predicted molar refractivity (Wildman–Crippen MR) is 152 cm³/mol. The first-order valence-corrected chi connectivity index (χ1v) is 14.7. The van der Waals surface area contributed by atoms with Crippen molar-refractivity contribution in [2.75, 3.05) is 18.0 Å². The number of carboxylic acid groups (broad SMARTS) is 1. The first-order chi connectivity index (χ1) is 19.2. The van der Waals surface area contributed by atoms with Crippen LogP contribution in [0.4, 0.5) is 10.1 Å². The number of anilines is 1. The molecular formula is C30H22FN3O4S2. The fraction of sp³-hybridized carbons (Fsp3) is 0.133. The van der Waals surface area contributed by atoms with Gasteiger partial charge in [0.25, 0.3) is 10.0 Å². The van der Waals surface area contributed by atoms with Gasteiger partial charge in [0.05, 0.1) is 32.5 Å². The van der Waals surface area contributed by atoms with Crippen LogP contribution in [0.5, 0.6) is 0 Å². The molecule has 0 spiro atoms. The second-order valence-electron chi connectivity index (χ2n) is 9.73. The SMILES string of the molecule is Cc1ccc(S(=O)(=O)n2c(-c3cccc(N4CC(C(=O)O)C4)c3)c(-c3sccc3C#N)c3cc(F)ccc32)cc1. The van der Waals surface area contributed by atoms with Crippen molar-refractivity contribution in [3.8, 4) is 27.8 Å². The average Bonchev–Trinajstić information content (AvgIpc) is 3.50. The Morgan fingerprint density at radius 2 is 1.82 bits per heavy atom. The van der Waals surface area contributed by atoms with Gasteiger partial charge in [0.1, 0.15) is 11.9 Å². The van der Waals surface area contributed by atoms with Gasteiger partial charge in [-0.05, 0) is 60.8 Å². The van der Waals surface area contributed by atoms with Crippen LogP contribution in [0.1, 0.15) is 11.1 Å². The molecule has 1 aliphatic heterocycles. The van der Waals surface area contributed by atoms with Crippen LogP contribution in [0.2, 0.25) is 0 Å². The van der Waals surface area contributed by atoms with E-state index in [0.29, 0.717) is 45.7 Å². The third-order valence-electron chi connectivity index (χ3n) is 7.17. The molecule has 0 unspecified atom stereocenters. The van der Waals surface area contributed by atoms with Crippen LogP contribution in [-0.2, 0) is 14.8 Å². The molecule has 1 fully saturated rings. The Hall–Kier alpha value is -4.46. The van der Waals surface area contributed by atoms with Crippen molar-refractivity contribution in [2.24, 2.45) is 5.92 Å². The summed E-state index contributed by atoms with van der Waals surface area (Å²) >= 11 is 1.28. The monoisotopic (exact) mass is 571 g/mol. The number of thiophene rings is 1. The van der Waals surface area contributed by atoms with Crippen molar-refractivity contribution >= 4 is 43.9 Å². The minimum absolute atomic E-state index is 0.0713. The molecule has 10 heteroatoms. The van der Waals surface area contributed by atoms with E-state index in [9.17, 15) is 28.0 Å². The molecule has 3 heterocycles. The van der Waals surface area contributed by atoms with Gasteiger partial charge in [-0.3, -0.25) is 4.79 Å². The Bertz CT molecular complexity index is 1950. The molecule has 1 aliphatic rings. The smallest absolute Gasteiger partial charge is 0.310 e. The quantitative estimate of drug-likeness (QED) is 0.264. The number of nitriles is 1. The Labute approximate surface area is 234 Å². The summed E-state index contributed by atoms with van der Waals surface area (Å²) in [6, 6.07) is 21.5. The molecule has 0 saturated carbocycles. The second-order valence-corrected chi connectivity index (χ2v) is 12.4. The molecule has 0 amide bonds. The molecule has 5 aromatic rings. The minimum Gasteiger partial charge on any atom is -0.481 e. The summed E-state index contributed by atoms with van der Waals surface area (Å²) in [4.78, 5) is 13.9. The molecule has 40 heavy (non-hydrogen) atoms. The van der Waals surface area contributed by atoms with Crippen LogP contribution in [0.25, 0.3) is 32.6 Å². The summed E-state index contributed by atoms with van der Waals surface area (Å²) in [6.07, 6.45) is 0. The number of aromatic nitrogens is 1. The fourth-order valence-corrected chi connectivity index (χ4v) is 7.53. The van der Waals surface area contributed by atoms with Crippen molar-refractivity contribution in [2.45, 2.75) is 11.8 Å². The number of aryl methyl sites for hydroxylation is 1. The number of nitrogens with zero attached hydrogens (tertiary/aromatic N) is 3. The summed E-state index contributed by atoms with van der Waals surface area (Å²) in [5.41, 5.74) is 3.56. The van der Waals surface area contributed by atoms with Gasteiger partial charge >= 0.3 is 5.97 Å². The number of carboxylic acids is 1. The molecular weight excluding hydrogens is 549 g/mol. The summed E-state index contributed by atoms with van der Waals surface area (Å²) in [7, 11) is -4.18. The van der Waals surface area contributed by atoms with E-state index in [0.717, 1.165) is 11.3 Å². The number of hydrogen-bond acceptors (Lipinski definition) is 6. The molecule has 0 aliphatic carbocycles. The number of fused-ring (bicyclic) bond motifs is 1. The lowest BCUT2D eigenvalue weighted by Gasteiger charge is -2.38. The first kappa shape index (κ1) is 25.8. The molecule has 1 N–H and O–H groups in total. The van der Waals surface area contributed by atoms with E-state index in [1.807, 2.05) is 24.0 Å². The molecule has 1 saturated heterocycles. The van der Waals surface area contributed by atoms with Crippen LogP contribution in [0, 0.1) is 30.0 Å².